The van der Waals surface area contributed by atoms with Gasteiger partial charge in [-0.1, -0.05) is 13.8 Å². The molecule has 2 atom stereocenters. The number of aldehydes is 1. The number of amides is 1. The van der Waals surface area contributed by atoms with E-state index in [9.17, 15) is 14.0 Å². The van der Waals surface area contributed by atoms with Crippen molar-refractivity contribution in [2.24, 2.45) is 11.8 Å². The zero-order chi connectivity index (χ0) is 27.6. The van der Waals surface area contributed by atoms with E-state index < -0.39 is 5.82 Å². The summed E-state index contributed by atoms with van der Waals surface area (Å²) < 4.78 is 16.4. The highest BCUT2D eigenvalue weighted by Crippen LogP contribution is 2.33. The summed E-state index contributed by atoms with van der Waals surface area (Å²) in [6.07, 6.45) is 10.4. The number of pyridine rings is 1. The summed E-state index contributed by atoms with van der Waals surface area (Å²) in [5.41, 5.74) is 4.24. The third kappa shape index (κ3) is 5.68. The van der Waals surface area contributed by atoms with Gasteiger partial charge in [-0.15, -0.1) is 0 Å². The molecule has 3 aromatic rings. The second-order valence-electron chi connectivity index (χ2n) is 11.5. The average Bonchev–Trinajstić information content (AvgIpc) is 3.49. The van der Waals surface area contributed by atoms with E-state index in [0.717, 1.165) is 55.1 Å². The maximum Gasteiger partial charge on any atom is 0.256 e. The molecule has 2 aromatic heterocycles. The van der Waals surface area contributed by atoms with Crippen LogP contribution < -0.4 is 0 Å². The number of hydrogen-bond donors (Lipinski definition) is 0. The Kier molecular flexibility index (Phi) is 8.66. The van der Waals surface area contributed by atoms with Gasteiger partial charge in [-0.2, -0.15) is 0 Å². The molecule has 0 N–H and O–H groups in total. The van der Waals surface area contributed by atoms with Crippen LogP contribution in [0.25, 0.3) is 16.6 Å². The monoisotopic (exact) mass is 520 g/mol. The summed E-state index contributed by atoms with van der Waals surface area (Å²) in [5.74, 6) is 0.364. The molecule has 3 heterocycles. The van der Waals surface area contributed by atoms with E-state index in [4.69, 9.17) is 0 Å². The fourth-order valence-electron chi connectivity index (χ4n) is 5.93. The third-order valence-electron chi connectivity index (χ3n) is 8.17. The minimum absolute atomic E-state index is 0.00833. The summed E-state index contributed by atoms with van der Waals surface area (Å²) in [6, 6.07) is 4.86. The Morgan fingerprint density at radius 3 is 2.68 bits per heavy atom. The van der Waals surface area contributed by atoms with Crippen LogP contribution in [0.2, 0.25) is 0 Å². The van der Waals surface area contributed by atoms with Crippen molar-refractivity contribution >= 4 is 23.1 Å². The number of likely N-dealkylation sites (tertiary alicyclic amines) is 1. The van der Waals surface area contributed by atoms with Gasteiger partial charge in [0.25, 0.3) is 5.91 Å². The average molecular weight is 521 g/mol. The fourth-order valence-corrected chi connectivity index (χ4v) is 5.93. The minimum Gasteiger partial charge on any atom is -0.339 e. The molecule has 1 aliphatic rings. The number of halogens is 1. The molecule has 0 bridgehead atoms. The van der Waals surface area contributed by atoms with Crippen molar-refractivity contribution in [2.45, 2.75) is 72.4 Å². The van der Waals surface area contributed by atoms with Gasteiger partial charge in [0.15, 0.2) is 0 Å². The molecule has 38 heavy (non-hydrogen) atoms. The predicted octanol–water partition coefficient (Wildman–Crippen LogP) is 5.82. The Labute approximate surface area is 225 Å². The van der Waals surface area contributed by atoms with Crippen LogP contribution in [0, 0.1) is 24.6 Å². The van der Waals surface area contributed by atoms with Crippen molar-refractivity contribution in [3.63, 3.8) is 0 Å². The number of nitrogens with zero attached hydrogens (tertiary/aromatic N) is 4. The number of rotatable bonds is 10. The van der Waals surface area contributed by atoms with E-state index in [1.165, 1.54) is 17.7 Å². The van der Waals surface area contributed by atoms with Crippen molar-refractivity contribution in [3.8, 4) is 5.69 Å². The molecule has 0 saturated carbocycles. The van der Waals surface area contributed by atoms with Gasteiger partial charge in [0.05, 0.1) is 23.0 Å². The number of aryl methyl sites for hydroxylation is 1. The first kappa shape index (κ1) is 28.0. The molecule has 204 valence electrons. The standard InChI is InChI=1S/C31H41FN4O2/c1-20(2)27(8-7-13-37)35-12-11-23(18-35)14-24-19-36(29-17-33-16-22(5)30(24)29)28-10-9-25(32)15-26(28)31(38)34(6)21(3)4/h9-10,13,15-17,19-21,23,27H,7-8,11-12,14,18H2,1-6H3/t23-,27?/m1/s1. The molecule has 1 saturated heterocycles. The fraction of sp³-hybridized carbons (Fsp3) is 0.516. The smallest absolute Gasteiger partial charge is 0.256 e. The lowest BCUT2D eigenvalue weighted by atomic mass is 9.96. The van der Waals surface area contributed by atoms with Crippen molar-refractivity contribution < 1.29 is 14.0 Å². The van der Waals surface area contributed by atoms with E-state index >= 15 is 0 Å². The molecule has 1 unspecified atom stereocenters. The summed E-state index contributed by atoms with van der Waals surface area (Å²) in [7, 11) is 1.75. The van der Waals surface area contributed by atoms with Crippen molar-refractivity contribution in [1.29, 1.82) is 0 Å². The molecule has 1 amide bonds. The Morgan fingerprint density at radius 2 is 2.00 bits per heavy atom. The van der Waals surface area contributed by atoms with Gasteiger partial charge in [-0.05, 0) is 87.7 Å². The van der Waals surface area contributed by atoms with Crippen LogP contribution in [0.5, 0.6) is 0 Å². The topological polar surface area (TPSA) is 58.4 Å². The van der Waals surface area contributed by atoms with Crippen molar-refractivity contribution in [2.75, 3.05) is 20.1 Å². The van der Waals surface area contributed by atoms with Gasteiger partial charge in [0.2, 0.25) is 0 Å². The molecule has 1 aliphatic heterocycles. The Bertz CT molecular complexity index is 1300. The molecule has 0 spiro atoms. The Hall–Kier alpha value is -3.06. The maximum absolute atomic E-state index is 14.4. The highest BCUT2D eigenvalue weighted by Gasteiger charge is 2.31. The van der Waals surface area contributed by atoms with Crippen LogP contribution in [0.15, 0.2) is 36.8 Å². The molecule has 6 nitrogen and oxygen atoms in total. The van der Waals surface area contributed by atoms with Gasteiger partial charge < -0.3 is 14.3 Å². The zero-order valence-electron chi connectivity index (χ0n) is 23.6. The highest BCUT2D eigenvalue weighted by molar-refractivity contribution is 5.99. The first-order chi connectivity index (χ1) is 18.1. The lowest BCUT2D eigenvalue weighted by Gasteiger charge is -2.30. The SMILES string of the molecule is Cc1cncc2c1c(C[C@H]1CCN(C(CCC=O)C(C)C)C1)cn2-c1ccc(F)cc1C(=O)N(C)C(C)C. The summed E-state index contributed by atoms with van der Waals surface area (Å²) in [6.45, 7) is 12.5. The third-order valence-corrected chi connectivity index (χ3v) is 8.17. The number of benzene rings is 1. The summed E-state index contributed by atoms with van der Waals surface area (Å²) >= 11 is 0. The molecular formula is C31H41FN4O2. The summed E-state index contributed by atoms with van der Waals surface area (Å²) in [4.78, 5) is 33.0. The van der Waals surface area contributed by atoms with E-state index in [-0.39, 0.29) is 11.9 Å². The lowest BCUT2D eigenvalue weighted by Crippen LogP contribution is -2.37. The van der Waals surface area contributed by atoms with Gasteiger partial charge in [0.1, 0.15) is 12.1 Å². The largest absolute Gasteiger partial charge is 0.339 e. The van der Waals surface area contributed by atoms with Crippen LogP contribution in [0.4, 0.5) is 4.39 Å². The van der Waals surface area contributed by atoms with E-state index in [2.05, 4.69) is 36.9 Å². The van der Waals surface area contributed by atoms with Crippen LogP contribution in [-0.4, -0.2) is 63.8 Å². The number of carbonyl (C=O) groups excluding carboxylic acids is 2. The highest BCUT2D eigenvalue weighted by atomic mass is 19.1. The zero-order valence-corrected chi connectivity index (χ0v) is 23.6. The number of hydrogen-bond acceptors (Lipinski definition) is 4. The molecule has 0 radical (unpaired) electrons. The van der Waals surface area contributed by atoms with Crippen LogP contribution in [0.3, 0.4) is 0 Å². The van der Waals surface area contributed by atoms with Crippen LogP contribution in [0.1, 0.15) is 68.4 Å². The van der Waals surface area contributed by atoms with Gasteiger partial charge in [-0.25, -0.2) is 4.39 Å². The van der Waals surface area contributed by atoms with Crippen molar-refractivity contribution in [3.05, 3.63) is 59.3 Å². The van der Waals surface area contributed by atoms with Crippen molar-refractivity contribution in [1.82, 2.24) is 19.4 Å². The first-order valence-corrected chi connectivity index (χ1v) is 13.8. The van der Waals surface area contributed by atoms with Gasteiger partial charge in [0, 0.05) is 49.9 Å². The van der Waals surface area contributed by atoms with Crippen LogP contribution in [-0.2, 0) is 11.2 Å². The number of aromatic nitrogens is 2. The minimum atomic E-state index is -0.430. The Balaban J connectivity index is 1.70. The molecule has 7 heteroatoms. The van der Waals surface area contributed by atoms with Gasteiger partial charge >= 0.3 is 0 Å². The number of fused-ring (bicyclic) bond motifs is 1. The molecule has 4 rings (SSSR count). The Morgan fingerprint density at radius 1 is 1.24 bits per heavy atom. The molecule has 0 aliphatic carbocycles. The summed E-state index contributed by atoms with van der Waals surface area (Å²) in [5, 5.41) is 1.15. The van der Waals surface area contributed by atoms with E-state index in [0.29, 0.717) is 35.5 Å². The normalized spacial score (nSPS) is 17.0. The molecule has 1 aromatic carbocycles. The number of carbonyl (C=O) groups is 2. The molecular weight excluding hydrogens is 479 g/mol. The first-order valence-electron chi connectivity index (χ1n) is 13.8. The predicted molar refractivity (Wildman–Crippen MR) is 150 cm³/mol. The second-order valence-corrected chi connectivity index (χ2v) is 11.5. The quantitative estimate of drug-likeness (QED) is 0.316. The molecule has 1 fully saturated rings. The maximum atomic E-state index is 14.4. The van der Waals surface area contributed by atoms with E-state index in [1.54, 1.807) is 18.0 Å². The van der Waals surface area contributed by atoms with Crippen LogP contribution >= 0.6 is 0 Å². The second kappa shape index (κ2) is 11.8. The lowest BCUT2D eigenvalue weighted by molar-refractivity contribution is -0.108. The van der Waals surface area contributed by atoms with E-state index in [1.807, 2.05) is 30.8 Å². The van der Waals surface area contributed by atoms with Gasteiger partial charge in [-0.3, -0.25) is 14.7 Å².